The Hall–Kier alpha value is -1.88. The summed E-state index contributed by atoms with van der Waals surface area (Å²) in [5, 5.41) is 6.07. The van der Waals surface area contributed by atoms with Crippen LogP contribution in [0.5, 0.6) is 0 Å². The largest absolute Gasteiger partial charge is 0.352 e. The third kappa shape index (κ3) is 6.35. The summed E-state index contributed by atoms with van der Waals surface area (Å²) in [6.07, 6.45) is 5.31. The number of amides is 2. The number of likely N-dealkylation sites (N-methyl/N-ethyl adjacent to an activating group) is 1. The number of hydrogen-bond donors (Lipinski definition) is 2. The zero-order chi connectivity index (χ0) is 19.8. The second kappa shape index (κ2) is 10.5. The molecule has 1 saturated carbocycles. The lowest BCUT2D eigenvalue weighted by atomic mass is 9.88. The van der Waals surface area contributed by atoms with Crippen molar-refractivity contribution in [2.75, 3.05) is 20.6 Å². The topological polar surface area (TPSA) is 61.4 Å². The van der Waals surface area contributed by atoms with Crippen LogP contribution in [0.3, 0.4) is 0 Å². The highest BCUT2D eigenvalue weighted by atomic mass is 16.2. The van der Waals surface area contributed by atoms with Gasteiger partial charge in [0.15, 0.2) is 0 Å². The molecule has 2 N–H and O–H groups in total. The molecule has 2 rings (SSSR count). The van der Waals surface area contributed by atoms with Crippen LogP contribution in [0.15, 0.2) is 30.3 Å². The fraction of sp³-hybridized carbons (Fsp3) is 0.636. The Bertz CT molecular complexity index is 595. The molecule has 2 unspecified atom stereocenters. The second-order valence-corrected chi connectivity index (χ2v) is 8.20. The van der Waals surface area contributed by atoms with Gasteiger partial charge in [0.25, 0.3) is 0 Å². The minimum Gasteiger partial charge on any atom is -0.352 e. The van der Waals surface area contributed by atoms with Crippen LogP contribution in [-0.2, 0) is 9.59 Å². The number of nitrogens with zero attached hydrogens (tertiary/aromatic N) is 1. The highest BCUT2D eigenvalue weighted by Crippen LogP contribution is 2.24. The van der Waals surface area contributed by atoms with Crippen LogP contribution < -0.4 is 10.6 Å². The first-order valence-electron chi connectivity index (χ1n) is 10.2. The van der Waals surface area contributed by atoms with Crippen LogP contribution in [-0.4, -0.2) is 43.4 Å². The number of nitrogens with one attached hydrogen (secondary N) is 2. The van der Waals surface area contributed by atoms with E-state index in [-0.39, 0.29) is 29.7 Å². The molecule has 5 heteroatoms. The Morgan fingerprint density at radius 2 is 1.70 bits per heavy atom. The van der Waals surface area contributed by atoms with Gasteiger partial charge in [0, 0.05) is 12.5 Å². The van der Waals surface area contributed by atoms with Gasteiger partial charge in [-0.1, -0.05) is 63.4 Å². The third-order valence-corrected chi connectivity index (χ3v) is 5.50. The minimum absolute atomic E-state index is 0.0377. The first-order valence-corrected chi connectivity index (χ1v) is 10.2. The van der Waals surface area contributed by atoms with E-state index >= 15 is 0 Å². The van der Waals surface area contributed by atoms with Crippen molar-refractivity contribution < 1.29 is 9.59 Å². The quantitative estimate of drug-likeness (QED) is 0.736. The first kappa shape index (κ1) is 21.4. The Morgan fingerprint density at radius 1 is 1.07 bits per heavy atom. The molecule has 27 heavy (non-hydrogen) atoms. The predicted molar refractivity (Wildman–Crippen MR) is 109 cm³/mol. The molecule has 0 saturated heterocycles. The van der Waals surface area contributed by atoms with Crippen LogP contribution in [0.1, 0.15) is 57.6 Å². The number of carbonyl (C=O) groups is 2. The van der Waals surface area contributed by atoms with Gasteiger partial charge >= 0.3 is 0 Å². The lowest BCUT2D eigenvalue weighted by Crippen LogP contribution is -2.52. The maximum Gasteiger partial charge on any atom is 0.242 e. The summed E-state index contributed by atoms with van der Waals surface area (Å²) in [5.41, 5.74) is 1.16. The molecule has 1 aliphatic rings. The lowest BCUT2D eigenvalue weighted by Gasteiger charge is -2.29. The van der Waals surface area contributed by atoms with E-state index in [0.717, 1.165) is 31.2 Å². The van der Waals surface area contributed by atoms with Gasteiger partial charge in [-0.25, -0.2) is 0 Å². The van der Waals surface area contributed by atoms with Crippen LogP contribution in [0, 0.1) is 11.8 Å². The maximum absolute atomic E-state index is 12.8. The van der Waals surface area contributed by atoms with Crippen molar-refractivity contribution in [1.29, 1.82) is 0 Å². The van der Waals surface area contributed by atoms with E-state index in [4.69, 9.17) is 0 Å². The number of hydrogen-bond acceptors (Lipinski definition) is 3. The van der Waals surface area contributed by atoms with Gasteiger partial charge in [-0.2, -0.15) is 0 Å². The lowest BCUT2D eigenvalue weighted by molar-refractivity contribution is -0.132. The zero-order valence-electron chi connectivity index (χ0n) is 17.2. The van der Waals surface area contributed by atoms with Crippen LogP contribution >= 0.6 is 0 Å². The molecule has 0 bridgehead atoms. The number of carbonyl (C=O) groups excluding carboxylic acids is 2. The maximum atomic E-state index is 12.8. The number of rotatable bonds is 8. The Labute approximate surface area is 163 Å². The van der Waals surface area contributed by atoms with Crippen molar-refractivity contribution in [2.24, 2.45) is 11.8 Å². The molecule has 0 aromatic heterocycles. The van der Waals surface area contributed by atoms with Crippen molar-refractivity contribution in [3.05, 3.63) is 35.9 Å². The highest BCUT2D eigenvalue weighted by molar-refractivity contribution is 5.88. The monoisotopic (exact) mass is 373 g/mol. The van der Waals surface area contributed by atoms with Gasteiger partial charge in [-0.3, -0.25) is 9.59 Å². The van der Waals surface area contributed by atoms with Crippen LogP contribution in [0.25, 0.3) is 0 Å². The van der Waals surface area contributed by atoms with Crippen LogP contribution in [0.2, 0.25) is 0 Å². The first-order chi connectivity index (χ1) is 12.9. The minimum atomic E-state index is -0.488. The summed E-state index contributed by atoms with van der Waals surface area (Å²) < 4.78 is 0. The molecule has 1 aliphatic carbocycles. The highest BCUT2D eigenvalue weighted by Gasteiger charge is 2.29. The summed E-state index contributed by atoms with van der Waals surface area (Å²) >= 11 is 0. The Kier molecular flexibility index (Phi) is 8.29. The molecule has 0 spiro atoms. The molecule has 1 aromatic rings. The van der Waals surface area contributed by atoms with Crippen molar-refractivity contribution in [3.8, 4) is 0 Å². The molecule has 0 radical (unpaired) electrons. The van der Waals surface area contributed by atoms with E-state index in [9.17, 15) is 9.59 Å². The molecule has 0 aliphatic heterocycles. The molecule has 5 nitrogen and oxygen atoms in total. The number of benzene rings is 1. The van der Waals surface area contributed by atoms with E-state index in [1.54, 1.807) is 0 Å². The van der Waals surface area contributed by atoms with Gasteiger partial charge in [0.2, 0.25) is 11.8 Å². The van der Waals surface area contributed by atoms with Crippen molar-refractivity contribution in [1.82, 2.24) is 15.5 Å². The molecule has 0 heterocycles. The van der Waals surface area contributed by atoms with Crippen molar-refractivity contribution in [3.63, 3.8) is 0 Å². The Balaban J connectivity index is 1.96. The summed E-state index contributed by atoms with van der Waals surface area (Å²) in [4.78, 5) is 27.5. The van der Waals surface area contributed by atoms with Crippen molar-refractivity contribution >= 4 is 11.8 Å². The standard InChI is InChI=1S/C22H35N3O2/c1-16(2)20(24-21(26)18-13-9-6-10-14-18)22(27)23-15-19(25(3)4)17-11-7-5-8-12-17/h5,7-8,11-12,16,18-20H,6,9-10,13-15H2,1-4H3,(H,23,27)(H,24,26). The third-order valence-electron chi connectivity index (χ3n) is 5.50. The zero-order valence-corrected chi connectivity index (χ0v) is 17.2. The van der Waals surface area contributed by atoms with E-state index in [2.05, 4.69) is 27.7 Å². The van der Waals surface area contributed by atoms with Crippen LogP contribution in [0.4, 0.5) is 0 Å². The average Bonchev–Trinajstić information content (AvgIpc) is 2.67. The predicted octanol–water partition coefficient (Wildman–Crippen LogP) is 3.13. The molecule has 1 fully saturated rings. The average molecular weight is 374 g/mol. The van der Waals surface area contributed by atoms with Gasteiger partial charge in [0.1, 0.15) is 6.04 Å². The molecule has 1 aromatic carbocycles. The van der Waals surface area contributed by atoms with Gasteiger partial charge < -0.3 is 15.5 Å². The molecule has 2 amide bonds. The van der Waals surface area contributed by atoms with E-state index in [0.29, 0.717) is 6.54 Å². The summed E-state index contributed by atoms with van der Waals surface area (Å²) in [6, 6.07) is 9.76. The fourth-order valence-corrected chi connectivity index (χ4v) is 3.75. The normalized spacial score (nSPS) is 17.6. The summed E-state index contributed by atoms with van der Waals surface area (Å²) in [5.74, 6) is 0.0476. The van der Waals surface area contributed by atoms with Crippen molar-refractivity contribution in [2.45, 2.75) is 58.0 Å². The van der Waals surface area contributed by atoms with Gasteiger partial charge in [-0.05, 0) is 38.4 Å². The van der Waals surface area contributed by atoms with Gasteiger partial charge in [-0.15, -0.1) is 0 Å². The van der Waals surface area contributed by atoms with E-state index < -0.39 is 6.04 Å². The van der Waals surface area contributed by atoms with Gasteiger partial charge in [0.05, 0.1) is 6.04 Å². The molecular formula is C22H35N3O2. The summed E-state index contributed by atoms with van der Waals surface area (Å²) in [7, 11) is 4.02. The molecule has 2 atom stereocenters. The fourth-order valence-electron chi connectivity index (χ4n) is 3.75. The van der Waals surface area contributed by atoms with E-state index in [1.165, 1.54) is 6.42 Å². The molecular weight excluding hydrogens is 338 g/mol. The summed E-state index contributed by atoms with van der Waals surface area (Å²) in [6.45, 7) is 4.47. The smallest absolute Gasteiger partial charge is 0.242 e. The SMILES string of the molecule is CC(C)C(NC(=O)C1CCCCC1)C(=O)NCC(c1ccccc1)N(C)C. The van der Waals surface area contributed by atoms with E-state index in [1.807, 2.05) is 46.1 Å². The molecule has 150 valence electrons. The Morgan fingerprint density at radius 3 is 2.26 bits per heavy atom. The second-order valence-electron chi connectivity index (χ2n) is 8.20.